The molecule has 0 atom stereocenters. The number of aromatic nitrogens is 1. The molecule has 1 aromatic rings. The quantitative estimate of drug-likeness (QED) is 0.731. The van der Waals surface area contributed by atoms with Crippen molar-refractivity contribution >= 4 is 9.84 Å². The Morgan fingerprint density at radius 2 is 2.00 bits per heavy atom. The molecular formula is C8H13NO3S. The van der Waals surface area contributed by atoms with Crippen molar-refractivity contribution in [3.63, 3.8) is 0 Å². The summed E-state index contributed by atoms with van der Waals surface area (Å²) in [7, 11) is -2.90. The number of nitrogens with zero attached hydrogens (tertiary/aromatic N) is 1. The highest BCUT2D eigenvalue weighted by Gasteiger charge is 2.11. The Hall–Kier alpha value is -0.840. The van der Waals surface area contributed by atoms with Gasteiger partial charge in [0.05, 0.1) is 11.4 Å². The lowest BCUT2D eigenvalue weighted by Gasteiger charge is -1.97. The first-order valence-corrected chi connectivity index (χ1v) is 6.05. The van der Waals surface area contributed by atoms with E-state index in [1.807, 2.05) is 6.92 Å². The molecule has 4 nitrogen and oxygen atoms in total. The zero-order valence-electron chi connectivity index (χ0n) is 7.99. The van der Waals surface area contributed by atoms with Gasteiger partial charge in [0.25, 0.3) is 0 Å². The summed E-state index contributed by atoms with van der Waals surface area (Å²) in [6, 6.07) is 0. The Labute approximate surface area is 77.8 Å². The summed E-state index contributed by atoms with van der Waals surface area (Å²) < 4.78 is 26.7. The van der Waals surface area contributed by atoms with Crippen molar-refractivity contribution in [3.05, 3.63) is 17.0 Å². The average Bonchev–Trinajstić information content (AvgIpc) is 2.27. The fraction of sp³-hybridized carbons (Fsp3) is 0.625. The van der Waals surface area contributed by atoms with Gasteiger partial charge in [-0.25, -0.2) is 8.42 Å². The Bertz CT molecular complexity index is 372. The second-order valence-electron chi connectivity index (χ2n) is 3.18. The molecule has 0 aromatic carbocycles. The molecule has 1 rings (SSSR count). The lowest BCUT2D eigenvalue weighted by molar-refractivity contribution is 0.392. The minimum Gasteiger partial charge on any atom is -0.361 e. The van der Waals surface area contributed by atoms with Crippen LogP contribution in [0, 0.1) is 13.8 Å². The van der Waals surface area contributed by atoms with Crippen molar-refractivity contribution in [1.82, 2.24) is 5.16 Å². The van der Waals surface area contributed by atoms with Crippen LogP contribution in [0.15, 0.2) is 4.52 Å². The van der Waals surface area contributed by atoms with E-state index in [-0.39, 0.29) is 5.75 Å². The molecular weight excluding hydrogens is 190 g/mol. The molecule has 1 aromatic heterocycles. The van der Waals surface area contributed by atoms with E-state index in [2.05, 4.69) is 5.16 Å². The molecule has 74 valence electrons. The molecule has 0 amide bonds. The second kappa shape index (κ2) is 3.49. The summed E-state index contributed by atoms with van der Waals surface area (Å²) in [4.78, 5) is 0. The van der Waals surface area contributed by atoms with Gasteiger partial charge >= 0.3 is 0 Å². The van der Waals surface area contributed by atoms with Crippen LogP contribution in [0.25, 0.3) is 0 Å². The highest BCUT2D eigenvalue weighted by Crippen LogP contribution is 2.13. The van der Waals surface area contributed by atoms with Crippen LogP contribution in [0.4, 0.5) is 0 Å². The fourth-order valence-corrected chi connectivity index (χ4v) is 1.72. The minimum absolute atomic E-state index is 0.149. The summed E-state index contributed by atoms with van der Waals surface area (Å²) in [6.07, 6.45) is 1.71. The van der Waals surface area contributed by atoms with Gasteiger partial charge in [-0.2, -0.15) is 0 Å². The van der Waals surface area contributed by atoms with E-state index in [1.54, 1.807) is 6.92 Å². The maximum absolute atomic E-state index is 10.9. The van der Waals surface area contributed by atoms with Crippen molar-refractivity contribution in [3.8, 4) is 0 Å². The molecule has 5 heteroatoms. The van der Waals surface area contributed by atoms with Gasteiger partial charge < -0.3 is 4.52 Å². The number of sulfone groups is 1. The molecule has 0 radical (unpaired) electrons. The second-order valence-corrected chi connectivity index (χ2v) is 5.44. The summed E-state index contributed by atoms with van der Waals surface area (Å²) in [5.74, 6) is 0.858. The summed E-state index contributed by atoms with van der Waals surface area (Å²) in [5, 5.41) is 3.75. The zero-order chi connectivity index (χ0) is 10.1. The van der Waals surface area contributed by atoms with Crippen LogP contribution in [0.2, 0.25) is 0 Å². The Kier molecular flexibility index (Phi) is 2.75. The number of hydrogen-bond acceptors (Lipinski definition) is 4. The highest BCUT2D eigenvalue weighted by atomic mass is 32.2. The van der Waals surface area contributed by atoms with Crippen molar-refractivity contribution in [2.75, 3.05) is 12.0 Å². The molecule has 0 fully saturated rings. The van der Waals surface area contributed by atoms with Crippen LogP contribution in [0.1, 0.15) is 17.0 Å². The highest BCUT2D eigenvalue weighted by molar-refractivity contribution is 7.90. The predicted octanol–water partition coefficient (Wildman–Crippen LogP) is 0.879. The predicted molar refractivity (Wildman–Crippen MR) is 49.4 cm³/mol. The molecule has 0 aliphatic rings. The van der Waals surface area contributed by atoms with Gasteiger partial charge in [-0.05, 0) is 20.3 Å². The first kappa shape index (κ1) is 10.2. The van der Waals surface area contributed by atoms with E-state index >= 15 is 0 Å². The average molecular weight is 203 g/mol. The van der Waals surface area contributed by atoms with Gasteiger partial charge in [-0.15, -0.1) is 0 Å². The molecule has 0 aliphatic carbocycles. The maximum atomic E-state index is 10.9. The van der Waals surface area contributed by atoms with Crippen molar-refractivity contribution in [1.29, 1.82) is 0 Å². The zero-order valence-corrected chi connectivity index (χ0v) is 8.81. The largest absolute Gasteiger partial charge is 0.361 e. The SMILES string of the molecule is Cc1noc(C)c1CCS(C)(=O)=O. The van der Waals surface area contributed by atoms with Crippen LogP contribution < -0.4 is 0 Å². The summed E-state index contributed by atoms with van der Waals surface area (Å²) >= 11 is 0. The van der Waals surface area contributed by atoms with E-state index in [0.29, 0.717) is 12.2 Å². The lowest BCUT2D eigenvalue weighted by Crippen LogP contribution is -2.06. The van der Waals surface area contributed by atoms with Crippen LogP contribution >= 0.6 is 0 Å². The van der Waals surface area contributed by atoms with Crippen LogP contribution in [0.3, 0.4) is 0 Å². The number of aryl methyl sites for hydroxylation is 2. The molecule has 0 spiro atoms. The van der Waals surface area contributed by atoms with Gasteiger partial charge in [0.2, 0.25) is 0 Å². The third-order valence-electron chi connectivity index (χ3n) is 1.90. The smallest absolute Gasteiger partial charge is 0.147 e. The van der Waals surface area contributed by atoms with Gasteiger partial charge in [0.1, 0.15) is 15.6 Å². The van der Waals surface area contributed by atoms with E-state index in [4.69, 9.17) is 4.52 Å². The van der Waals surface area contributed by atoms with Crippen LogP contribution in [-0.2, 0) is 16.3 Å². The maximum Gasteiger partial charge on any atom is 0.147 e. The molecule has 0 bridgehead atoms. The molecule has 0 saturated heterocycles. The molecule has 0 N–H and O–H groups in total. The van der Waals surface area contributed by atoms with Crippen LogP contribution in [0.5, 0.6) is 0 Å². The van der Waals surface area contributed by atoms with E-state index in [9.17, 15) is 8.42 Å². The Balaban J connectivity index is 2.75. The lowest BCUT2D eigenvalue weighted by atomic mass is 10.1. The minimum atomic E-state index is -2.90. The van der Waals surface area contributed by atoms with Gasteiger partial charge in [0, 0.05) is 11.8 Å². The molecule has 0 aliphatic heterocycles. The summed E-state index contributed by atoms with van der Waals surface area (Å²) in [5.41, 5.74) is 1.69. The first-order chi connectivity index (χ1) is 5.90. The van der Waals surface area contributed by atoms with Gasteiger partial charge in [0.15, 0.2) is 0 Å². The van der Waals surface area contributed by atoms with Crippen LogP contribution in [-0.4, -0.2) is 25.6 Å². The van der Waals surface area contributed by atoms with E-state index in [1.165, 1.54) is 6.26 Å². The third-order valence-corrected chi connectivity index (χ3v) is 2.85. The van der Waals surface area contributed by atoms with E-state index in [0.717, 1.165) is 11.3 Å². The Morgan fingerprint density at radius 1 is 1.38 bits per heavy atom. The topological polar surface area (TPSA) is 60.2 Å². The third kappa shape index (κ3) is 2.84. The number of hydrogen-bond donors (Lipinski definition) is 0. The fourth-order valence-electron chi connectivity index (χ4n) is 1.15. The molecule has 0 unspecified atom stereocenters. The normalized spacial score (nSPS) is 11.9. The van der Waals surface area contributed by atoms with Crippen molar-refractivity contribution < 1.29 is 12.9 Å². The van der Waals surface area contributed by atoms with E-state index < -0.39 is 9.84 Å². The standard InChI is InChI=1S/C8H13NO3S/c1-6-8(7(2)12-9-6)4-5-13(3,10)11/h4-5H2,1-3H3. The first-order valence-electron chi connectivity index (χ1n) is 3.99. The van der Waals surface area contributed by atoms with Crippen molar-refractivity contribution in [2.24, 2.45) is 0 Å². The summed E-state index contributed by atoms with van der Waals surface area (Å²) in [6.45, 7) is 3.60. The van der Waals surface area contributed by atoms with Gasteiger partial charge in [-0.1, -0.05) is 5.16 Å². The number of rotatable bonds is 3. The van der Waals surface area contributed by atoms with Gasteiger partial charge in [-0.3, -0.25) is 0 Å². The monoisotopic (exact) mass is 203 g/mol. The van der Waals surface area contributed by atoms with Crippen molar-refractivity contribution in [2.45, 2.75) is 20.3 Å². The Morgan fingerprint density at radius 3 is 2.38 bits per heavy atom. The molecule has 1 heterocycles. The molecule has 0 saturated carbocycles. The molecule has 13 heavy (non-hydrogen) atoms.